The molecule has 0 unspecified atom stereocenters. The Bertz CT molecular complexity index is 466. The molecule has 0 spiro atoms. The molecule has 2 aromatic rings. The molecule has 1 aromatic carbocycles. The lowest BCUT2D eigenvalue weighted by atomic mass is 10.1. The van der Waals surface area contributed by atoms with Gasteiger partial charge in [0.25, 0.3) is 0 Å². The second-order valence-electron chi connectivity index (χ2n) is 3.77. The minimum absolute atomic E-state index is 0.420. The van der Waals surface area contributed by atoms with Crippen molar-refractivity contribution in [1.82, 2.24) is 15.0 Å². The van der Waals surface area contributed by atoms with E-state index in [0.29, 0.717) is 6.54 Å². The fourth-order valence-electron chi connectivity index (χ4n) is 1.82. The van der Waals surface area contributed by atoms with Gasteiger partial charge >= 0.3 is 0 Å². The molecular weight excluding hydrogens is 200 g/mol. The van der Waals surface area contributed by atoms with Crippen LogP contribution in [-0.4, -0.2) is 15.0 Å². The van der Waals surface area contributed by atoms with Crippen molar-refractivity contribution in [2.45, 2.75) is 26.9 Å². The van der Waals surface area contributed by atoms with Crippen LogP contribution in [0.25, 0.3) is 11.3 Å². The zero-order chi connectivity index (χ0) is 11.5. The van der Waals surface area contributed by atoms with Gasteiger partial charge in [0.2, 0.25) is 0 Å². The third kappa shape index (κ3) is 1.84. The molecule has 4 nitrogen and oxygen atoms in total. The molecule has 16 heavy (non-hydrogen) atoms. The molecule has 0 amide bonds. The third-order valence-electron chi connectivity index (χ3n) is 2.59. The van der Waals surface area contributed by atoms with Crippen LogP contribution in [0.15, 0.2) is 24.3 Å². The van der Waals surface area contributed by atoms with E-state index in [1.165, 1.54) is 5.56 Å². The number of benzene rings is 1. The van der Waals surface area contributed by atoms with E-state index in [1.54, 1.807) is 0 Å². The molecule has 0 atom stereocenters. The molecule has 0 fully saturated rings. The Labute approximate surface area is 95.1 Å². The van der Waals surface area contributed by atoms with Crippen LogP contribution in [0, 0.1) is 6.92 Å². The first-order valence-corrected chi connectivity index (χ1v) is 5.45. The van der Waals surface area contributed by atoms with Crippen molar-refractivity contribution in [3.8, 4) is 11.3 Å². The average molecular weight is 216 g/mol. The van der Waals surface area contributed by atoms with Gasteiger partial charge in [0, 0.05) is 18.7 Å². The van der Waals surface area contributed by atoms with Crippen molar-refractivity contribution in [3.63, 3.8) is 0 Å². The highest BCUT2D eigenvalue weighted by molar-refractivity contribution is 5.62. The summed E-state index contributed by atoms with van der Waals surface area (Å²) in [6.45, 7) is 5.35. The molecular formula is C12H16N4. The number of aryl methyl sites for hydroxylation is 2. The molecule has 0 aliphatic rings. The predicted octanol–water partition coefficient (Wildman–Crippen LogP) is 1.73. The second-order valence-corrected chi connectivity index (χ2v) is 3.77. The molecule has 0 saturated heterocycles. The molecule has 4 heteroatoms. The lowest BCUT2D eigenvalue weighted by Gasteiger charge is -2.06. The summed E-state index contributed by atoms with van der Waals surface area (Å²) in [4.78, 5) is 0. The Morgan fingerprint density at radius 1 is 1.38 bits per heavy atom. The van der Waals surface area contributed by atoms with Crippen LogP contribution in [0.1, 0.15) is 18.2 Å². The van der Waals surface area contributed by atoms with Gasteiger partial charge in [-0.2, -0.15) is 0 Å². The molecule has 0 radical (unpaired) electrons. The summed E-state index contributed by atoms with van der Waals surface area (Å²) in [7, 11) is 0. The fraction of sp³-hybridized carbons (Fsp3) is 0.333. The summed E-state index contributed by atoms with van der Waals surface area (Å²) >= 11 is 0. The second kappa shape index (κ2) is 4.45. The zero-order valence-corrected chi connectivity index (χ0v) is 9.64. The Balaban J connectivity index is 2.57. The Morgan fingerprint density at radius 2 is 2.19 bits per heavy atom. The van der Waals surface area contributed by atoms with Crippen LogP contribution in [0.2, 0.25) is 0 Å². The van der Waals surface area contributed by atoms with Crippen molar-refractivity contribution < 1.29 is 0 Å². The fourth-order valence-corrected chi connectivity index (χ4v) is 1.82. The van der Waals surface area contributed by atoms with E-state index in [0.717, 1.165) is 23.5 Å². The van der Waals surface area contributed by atoms with Crippen molar-refractivity contribution in [1.29, 1.82) is 0 Å². The minimum Gasteiger partial charge on any atom is -0.325 e. The summed E-state index contributed by atoms with van der Waals surface area (Å²) in [6.07, 6.45) is 0. The van der Waals surface area contributed by atoms with E-state index in [2.05, 4.69) is 35.4 Å². The van der Waals surface area contributed by atoms with E-state index in [1.807, 2.05) is 17.7 Å². The lowest BCUT2D eigenvalue weighted by Crippen LogP contribution is -2.02. The monoisotopic (exact) mass is 216 g/mol. The summed E-state index contributed by atoms with van der Waals surface area (Å²) in [5.41, 5.74) is 9.93. The van der Waals surface area contributed by atoms with E-state index in [4.69, 9.17) is 5.73 Å². The molecule has 2 N–H and O–H groups in total. The maximum atomic E-state index is 5.68. The molecule has 1 heterocycles. The predicted molar refractivity (Wildman–Crippen MR) is 63.8 cm³/mol. The number of nitrogens with two attached hydrogens (primary N) is 1. The molecule has 2 rings (SSSR count). The molecule has 0 aliphatic carbocycles. The average Bonchev–Trinajstić information content (AvgIpc) is 2.71. The van der Waals surface area contributed by atoms with E-state index >= 15 is 0 Å². The molecule has 0 saturated carbocycles. The van der Waals surface area contributed by atoms with Crippen LogP contribution in [0.4, 0.5) is 0 Å². The zero-order valence-electron chi connectivity index (χ0n) is 9.64. The van der Waals surface area contributed by atoms with Gasteiger partial charge in [0.1, 0.15) is 5.69 Å². The van der Waals surface area contributed by atoms with Crippen molar-refractivity contribution >= 4 is 0 Å². The van der Waals surface area contributed by atoms with Gasteiger partial charge < -0.3 is 5.73 Å². The first-order chi connectivity index (χ1) is 7.76. The Morgan fingerprint density at radius 3 is 2.81 bits per heavy atom. The van der Waals surface area contributed by atoms with Crippen LogP contribution < -0.4 is 5.73 Å². The summed E-state index contributed by atoms with van der Waals surface area (Å²) in [6, 6.07) is 8.31. The molecule has 1 aromatic heterocycles. The number of hydrogen-bond donors (Lipinski definition) is 1. The highest BCUT2D eigenvalue weighted by atomic mass is 15.4. The van der Waals surface area contributed by atoms with Gasteiger partial charge in [0.05, 0.1) is 5.69 Å². The summed E-state index contributed by atoms with van der Waals surface area (Å²) in [5, 5.41) is 8.20. The van der Waals surface area contributed by atoms with Gasteiger partial charge in [-0.05, 0) is 19.9 Å². The van der Waals surface area contributed by atoms with Gasteiger partial charge in [-0.25, -0.2) is 4.68 Å². The van der Waals surface area contributed by atoms with Gasteiger partial charge in [-0.3, -0.25) is 0 Å². The molecule has 84 valence electrons. The summed E-state index contributed by atoms with van der Waals surface area (Å²) in [5.74, 6) is 0. The normalized spacial score (nSPS) is 10.7. The van der Waals surface area contributed by atoms with Gasteiger partial charge in [0.15, 0.2) is 0 Å². The van der Waals surface area contributed by atoms with Gasteiger partial charge in [-0.15, -0.1) is 5.10 Å². The van der Waals surface area contributed by atoms with Crippen LogP contribution in [0.5, 0.6) is 0 Å². The summed E-state index contributed by atoms with van der Waals surface area (Å²) < 4.78 is 1.89. The lowest BCUT2D eigenvalue weighted by molar-refractivity contribution is 0.632. The first kappa shape index (κ1) is 10.8. The van der Waals surface area contributed by atoms with Crippen molar-refractivity contribution in [3.05, 3.63) is 35.5 Å². The highest BCUT2D eigenvalue weighted by Crippen LogP contribution is 2.22. The largest absolute Gasteiger partial charge is 0.325 e. The highest BCUT2D eigenvalue weighted by Gasteiger charge is 2.12. The van der Waals surface area contributed by atoms with E-state index in [9.17, 15) is 0 Å². The third-order valence-corrected chi connectivity index (χ3v) is 2.59. The standard InChI is InChI=1S/C12H16N4/c1-3-16-12(11(8-13)14-15-16)10-6-4-5-9(2)7-10/h4-7H,3,8,13H2,1-2H3. The van der Waals surface area contributed by atoms with Gasteiger partial charge in [-0.1, -0.05) is 29.0 Å². The Kier molecular flexibility index (Phi) is 3.01. The molecule has 0 bridgehead atoms. The quantitative estimate of drug-likeness (QED) is 0.850. The minimum atomic E-state index is 0.420. The number of hydrogen-bond acceptors (Lipinski definition) is 3. The SMILES string of the molecule is CCn1nnc(CN)c1-c1cccc(C)c1. The number of aromatic nitrogens is 3. The van der Waals surface area contributed by atoms with E-state index < -0.39 is 0 Å². The van der Waals surface area contributed by atoms with Crippen LogP contribution in [0.3, 0.4) is 0 Å². The van der Waals surface area contributed by atoms with Crippen LogP contribution in [-0.2, 0) is 13.1 Å². The maximum absolute atomic E-state index is 5.68. The first-order valence-electron chi connectivity index (χ1n) is 5.45. The topological polar surface area (TPSA) is 56.7 Å². The smallest absolute Gasteiger partial charge is 0.104 e. The van der Waals surface area contributed by atoms with E-state index in [-0.39, 0.29) is 0 Å². The number of nitrogens with zero attached hydrogens (tertiary/aromatic N) is 3. The maximum Gasteiger partial charge on any atom is 0.104 e. The molecule has 0 aliphatic heterocycles. The number of rotatable bonds is 3. The van der Waals surface area contributed by atoms with Crippen molar-refractivity contribution in [2.75, 3.05) is 0 Å². The van der Waals surface area contributed by atoms with Crippen molar-refractivity contribution in [2.24, 2.45) is 5.73 Å². The van der Waals surface area contributed by atoms with Crippen LogP contribution >= 0.6 is 0 Å². The Hall–Kier alpha value is -1.68.